The highest BCUT2D eigenvalue weighted by molar-refractivity contribution is 7.13. The summed E-state index contributed by atoms with van der Waals surface area (Å²) in [6.45, 7) is 2.93. The van der Waals surface area contributed by atoms with Crippen LogP contribution in [-0.4, -0.2) is 35.2 Å². The maximum Gasteiger partial charge on any atom is 0.268 e. The first kappa shape index (κ1) is 23.4. The van der Waals surface area contributed by atoms with Crippen molar-refractivity contribution in [3.05, 3.63) is 83.7 Å². The number of hydrogen-bond donors (Lipinski definition) is 1. The third kappa shape index (κ3) is 4.76. The molecular weight excluding hydrogens is 474 g/mol. The van der Waals surface area contributed by atoms with E-state index in [1.807, 2.05) is 47.8 Å². The lowest BCUT2D eigenvalue weighted by atomic mass is 10.1. The Hall–Kier alpha value is -4.30. The molecule has 5 rings (SSSR count). The van der Waals surface area contributed by atoms with Crippen LogP contribution in [0.25, 0.3) is 21.8 Å². The summed E-state index contributed by atoms with van der Waals surface area (Å²) in [7, 11) is 0. The van der Waals surface area contributed by atoms with Crippen LogP contribution < -0.4 is 15.0 Å². The Labute approximate surface area is 212 Å². The predicted molar refractivity (Wildman–Crippen MR) is 141 cm³/mol. The molecule has 4 aromatic rings. The largest absolute Gasteiger partial charge is 0.479 e. The number of carbonyl (C=O) groups is 3. The van der Waals surface area contributed by atoms with E-state index in [9.17, 15) is 14.4 Å². The molecule has 0 aliphatic carbocycles. The van der Waals surface area contributed by atoms with Crippen LogP contribution in [0.1, 0.15) is 24.2 Å². The van der Waals surface area contributed by atoms with E-state index in [0.717, 1.165) is 21.8 Å². The molecular formula is C28H23N3O4S. The fourth-order valence-electron chi connectivity index (χ4n) is 4.01. The Morgan fingerprint density at radius 1 is 1.03 bits per heavy atom. The lowest BCUT2D eigenvalue weighted by Crippen LogP contribution is -2.47. The molecule has 0 spiro atoms. The van der Waals surface area contributed by atoms with Crippen molar-refractivity contribution in [2.75, 3.05) is 16.8 Å². The number of ether oxygens (including phenoxy) is 1. The SMILES string of the molecule is CC(=O)c1cccc(NC(=O)CN2C(=O)C(C)Oc3ccc(-c4csc(-c5ccccc5)n4)cc32)c1. The average molecular weight is 498 g/mol. The van der Waals surface area contributed by atoms with Crippen molar-refractivity contribution in [3.8, 4) is 27.6 Å². The smallest absolute Gasteiger partial charge is 0.268 e. The molecule has 0 saturated carbocycles. The molecule has 0 bridgehead atoms. The standard InChI is InChI=1S/C28H23N3O4S/c1-17(32)20-9-6-10-22(13-20)29-26(33)15-31-24-14-21(11-12-25(24)35-18(2)28(31)34)23-16-36-27(30-23)19-7-4-3-5-8-19/h3-14,16,18H,15H2,1-2H3,(H,29,33). The number of anilines is 2. The highest BCUT2D eigenvalue weighted by atomic mass is 32.1. The van der Waals surface area contributed by atoms with Crippen molar-refractivity contribution in [2.45, 2.75) is 20.0 Å². The molecule has 0 radical (unpaired) electrons. The van der Waals surface area contributed by atoms with Gasteiger partial charge in [0.25, 0.3) is 5.91 Å². The Balaban J connectivity index is 1.41. The lowest BCUT2D eigenvalue weighted by molar-refractivity contribution is -0.127. The zero-order valence-corrected chi connectivity index (χ0v) is 20.5. The van der Waals surface area contributed by atoms with Crippen molar-refractivity contribution in [1.82, 2.24) is 4.98 Å². The number of nitrogens with zero attached hydrogens (tertiary/aromatic N) is 2. The minimum atomic E-state index is -0.721. The van der Waals surface area contributed by atoms with Crippen LogP contribution in [0.15, 0.2) is 78.2 Å². The second kappa shape index (κ2) is 9.75. The Morgan fingerprint density at radius 3 is 2.61 bits per heavy atom. The third-order valence-electron chi connectivity index (χ3n) is 5.84. The van der Waals surface area contributed by atoms with Gasteiger partial charge in [-0.1, -0.05) is 42.5 Å². The van der Waals surface area contributed by atoms with E-state index >= 15 is 0 Å². The first-order valence-corrected chi connectivity index (χ1v) is 12.3. The van der Waals surface area contributed by atoms with Crippen LogP contribution in [0.4, 0.5) is 11.4 Å². The number of nitrogens with one attached hydrogen (secondary N) is 1. The molecule has 3 aromatic carbocycles. The number of amides is 2. The van der Waals surface area contributed by atoms with Crippen molar-refractivity contribution in [2.24, 2.45) is 0 Å². The molecule has 8 heteroatoms. The van der Waals surface area contributed by atoms with Gasteiger partial charge in [-0.2, -0.15) is 0 Å². The predicted octanol–water partition coefficient (Wildman–Crippen LogP) is 5.43. The Morgan fingerprint density at radius 2 is 1.83 bits per heavy atom. The van der Waals surface area contributed by atoms with E-state index in [0.29, 0.717) is 22.7 Å². The number of carbonyl (C=O) groups excluding carboxylic acids is 3. The molecule has 2 amide bonds. The summed E-state index contributed by atoms with van der Waals surface area (Å²) >= 11 is 1.54. The summed E-state index contributed by atoms with van der Waals surface area (Å²) in [6, 6.07) is 22.2. The summed E-state index contributed by atoms with van der Waals surface area (Å²) in [4.78, 5) is 43.8. The third-order valence-corrected chi connectivity index (χ3v) is 6.73. The van der Waals surface area contributed by atoms with Crippen molar-refractivity contribution < 1.29 is 19.1 Å². The van der Waals surface area contributed by atoms with Gasteiger partial charge in [-0.05, 0) is 44.2 Å². The fraction of sp³-hybridized carbons (Fsp3) is 0.143. The van der Waals surface area contributed by atoms with E-state index in [-0.39, 0.29) is 24.1 Å². The second-order valence-electron chi connectivity index (χ2n) is 8.46. The summed E-state index contributed by atoms with van der Waals surface area (Å²) in [5.74, 6) is -0.261. The van der Waals surface area contributed by atoms with Crippen molar-refractivity contribution >= 4 is 40.3 Å². The van der Waals surface area contributed by atoms with Crippen LogP contribution in [0.2, 0.25) is 0 Å². The van der Waals surface area contributed by atoms with E-state index in [1.54, 1.807) is 48.6 Å². The molecule has 7 nitrogen and oxygen atoms in total. The molecule has 0 fully saturated rings. The molecule has 1 aromatic heterocycles. The maximum absolute atomic E-state index is 13.0. The van der Waals surface area contributed by atoms with Gasteiger partial charge in [0.05, 0.1) is 11.4 Å². The highest BCUT2D eigenvalue weighted by Gasteiger charge is 2.33. The van der Waals surface area contributed by atoms with Gasteiger partial charge in [0, 0.05) is 27.8 Å². The number of fused-ring (bicyclic) bond motifs is 1. The number of Topliss-reactive ketones (excluding diaryl/α,β-unsaturated/α-hetero) is 1. The summed E-state index contributed by atoms with van der Waals surface area (Å²) in [5, 5.41) is 5.65. The Bertz CT molecular complexity index is 1460. The molecule has 1 aliphatic rings. The molecule has 36 heavy (non-hydrogen) atoms. The first-order chi connectivity index (χ1) is 17.4. The molecule has 1 atom stereocenters. The van der Waals surface area contributed by atoms with Crippen LogP contribution in [0.3, 0.4) is 0 Å². The normalized spacial score (nSPS) is 14.7. The average Bonchev–Trinajstić information content (AvgIpc) is 3.38. The van der Waals surface area contributed by atoms with Crippen LogP contribution in [0.5, 0.6) is 5.75 Å². The maximum atomic E-state index is 13.0. The monoisotopic (exact) mass is 497 g/mol. The number of benzene rings is 3. The van der Waals surface area contributed by atoms with Crippen LogP contribution in [0, 0.1) is 0 Å². The molecule has 1 aliphatic heterocycles. The summed E-state index contributed by atoms with van der Waals surface area (Å²) in [6.07, 6.45) is -0.721. The minimum Gasteiger partial charge on any atom is -0.479 e. The van der Waals surface area contributed by atoms with E-state index in [2.05, 4.69) is 5.32 Å². The van der Waals surface area contributed by atoms with Gasteiger partial charge in [0.1, 0.15) is 17.3 Å². The quantitative estimate of drug-likeness (QED) is 0.359. The molecule has 0 saturated heterocycles. The Kier molecular flexibility index (Phi) is 6.35. The summed E-state index contributed by atoms with van der Waals surface area (Å²) < 4.78 is 5.80. The fourth-order valence-corrected chi connectivity index (χ4v) is 4.84. The number of ketones is 1. The van der Waals surface area contributed by atoms with E-state index in [1.165, 1.54) is 11.8 Å². The highest BCUT2D eigenvalue weighted by Crippen LogP contribution is 2.38. The van der Waals surface area contributed by atoms with Gasteiger partial charge < -0.3 is 10.1 Å². The number of thiazole rings is 1. The van der Waals surface area contributed by atoms with Crippen LogP contribution >= 0.6 is 11.3 Å². The lowest BCUT2D eigenvalue weighted by Gasteiger charge is -2.32. The van der Waals surface area contributed by atoms with E-state index < -0.39 is 6.10 Å². The second-order valence-corrected chi connectivity index (χ2v) is 9.31. The number of rotatable bonds is 6. The topological polar surface area (TPSA) is 88.6 Å². The first-order valence-electron chi connectivity index (χ1n) is 11.4. The number of aromatic nitrogens is 1. The summed E-state index contributed by atoms with van der Waals surface area (Å²) in [5.41, 5.74) is 4.13. The zero-order chi connectivity index (χ0) is 25.2. The van der Waals surface area contributed by atoms with Gasteiger partial charge in [-0.15, -0.1) is 11.3 Å². The minimum absolute atomic E-state index is 0.0952. The molecule has 1 unspecified atom stereocenters. The molecule has 2 heterocycles. The van der Waals surface area contributed by atoms with Gasteiger partial charge in [0.15, 0.2) is 11.9 Å². The van der Waals surface area contributed by atoms with Gasteiger partial charge in [0.2, 0.25) is 5.91 Å². The van der Waals surface area contributed by atoms with E-state index in [4.69, 9.17) is 9.72 Å². The van der Waals surface area contributed by atoms with Crippen molar-refractivity contribution in [1.29, 1.82) is 0 Å². The molecule has 1 N–H and O–H groups in total. The van der Waals surface area contributed by atoms with Crippen LogP contribution in [-0.2, 0) is 9.59 Å². The van der Waals surface area contributed by atoms with Gasteiger partial charge >= 0.3 is 0 Å². The number of hydrogen-bond acceptors (Lipinski definition) is 6. The van der Waals surface area contributed by atoms with Gasteiger partial charge in [-0.3, -0.25) is 19.3 Å². The molecule has 180 valence electrons. The van der Waals surface area contributed by atoms with Gasteiger partial charge in [-0.25, -0.2) is 4.98 Å². The zero-order valence-electron chi connectivity index (χ0n) is 19.7. The van der Waals surface area contributed by atoms with Crippen molar-refractivity contribution in [3.63, 3.8) is 0 Å².